The van der Waals surface area contributed by atoms with Crippen LogP contribution in [-0.2, 0) is 9.53 Å². The van der Waals surface area contributed by atoms with Gasteiger partial charge in [0.25, 0.3) is 0 Å². The van der Waals surface area contributed by atoms with Gasteiger partial charge in [-0.05, 0) is 18.9 Å². The number of morpholine rings is 1. The van der Waals surface area contributed by atoms with Crippen molar-refractivity contribution in [1.82, 2.24) is 14.8 Å². The van der Waals surface area contributed by atoms with Gasteiger partial charge < -0.3 is 15.0 Å². The Morgan fingerprint density at radius 3 is 2.41 bits per heavy atom. The van der Waals surface area contributed by atoms with Gasteiger partial charge in [0.1, 0.15) is 0 Å². The van der Waals surface area contributed by atoms with Gasteiger partial charge in [-0.15, -0.1) is 10.2 Å². The molecule has 12 heteroatoms. The van der Waals surface area contributed by atoms with Gasteiger partial charge in [-0.2, -0.15) is 0 Å². The summed E-state index contributed by atoms with van der Waals surface area (Å²) >= 11 is 25.7. The molecular formula is C17H17Cl4N5O2S. The van der Waals surface area contributed by atoms with E-state index in [4.69, 9.17) is 51.1 Å². The standard InChI is InChI=1S/C17H17Cl4N5O2S/c18-10-7-11(19)14(21)15(13(10)20)22-12(27)8-29-17-24-23-16(26(17)9-1-2-9)25-3-5-28-6-4-25/h7,9H,1-6,8H2,(H,22,27). The molecule has 1 N–H and O–H groups in total. The lowest BCUT2D eigenvalue weighted by atomic mass is 10.3. The molecule has 1 aromatic carbocycles. The van der Waals surface area contributed by atoms with E-state index < -0.39 is 0 Å². The van der Waals surface area contributed by atoms with Crippen LogP contribution in [0.2, 0.25) is 20.1 Å². The van der Waals surface area contributed by atoms with Crippen molar-refractivity contribution in [3.8, 4) is 0 Å². The van der Waals surface area contributed by atoms with Crippen molar-refractivity contribution in [2.45, 2.75) is 24.0 Å². The molecule has 2 aliphatic rings. The van der Waals surface area contributed by atoms with Crippen LogP contribution in [0.25, 0.3) is 0 Å². The Kier molecular flexibility index (Phi) is 6.68. The number of benzene rings is 1. The van der Waals surface area contributed by atoms with Crippen molar-refractivity contribution >= 4 is 75.7 Å². The molecule has 1 aliphatic heterocycles. The van der Waals surface area contributed by atoms with Crippen molar-refractivity contribution in [3.05, 3.63) is 26.2 Å². The average molecular weight is 497 g/mol. The lowest BCUT2D eigenvalue weighted by Crippen LogP contribution is -2.38. The van der Waals surface area contributed by atoms with Crippen molar-refractivity contribution in [3.63, 3.8) is 0 Å². The Bertz CT molecular complexity index is 905. The van der Waals surface area contributed by atoms with Gasteiger partial charge in [-0.1, -0.05) is 58.2 Å². The molecule has 2 aromatic rings. The maximum Gasteiger partial charge on any atom is 0.234 e. The summed E-state index contributed by atoms with van der Waals surface area (Å²) < 4.78 is 7.54. The van der Waals surface area contributed by atoms with Crippen LogP contribution in [0.15, 0.2) is 11.2 Å². The monoisotopic (exact) mass is 495 g/mol. The fourth-order valence-electron chi connectivity index (χ4n) is 2.99. The van der Waals surface area contributed by atoms with Gasteiger partial charge in [-0.25, -0.2) is 0 Å². The maximum atomic E-state index is 12.5. The third-order valence-electron chi connectivity index (χ3n) is 4.56. The SMILES string of the molecule is O=C(CSc1nnc(N2CCOCC2)n1C1CC1)Nc1c(Cl)c(Cl)cc(Cl)c1Cl. The Morgan fingerprint density at radius 2 is 1.79 bits per heavy atom. The maximum absolute atomic E-state index is 12.5. The first-order valence-corrected chi connectivity index (χ1v) is 11.5. The number of aromatic nitrogens is 3. The number of anilines is 2. The summed E-state index contributed by atoms with van der Waals surface area (Å²) in [5, 5.41) is 12.8. The summed E-state index contributed by atoms with van der Waals surface area (Å²) in [6.45, 7) is 2.91. The van der Waals surface area contributed by atoms with Gasteiger partial charge in [0.15, 0.2) is 5.16 Å². The molecule has 1 amide bonds. The van der Waals surface area contributed by atoms with Crippen LogP contribution >= 0.6 is 58.2 Å². The molecule has 7 nitrogen and oxygen atoms in total. The summed E-state index contributed by atoms with van der Waals surface area (Å²) in [5.41, 5.74) is 0.203. The first-order valence-electron chi connectivity index (χ1n) is 8.99. The van der Waals surface area contributed by atoms with E-state index in [9.17, 15) is 4.79 Å². The van der Waals surface area contributed by atoms with Gasteiger partial charge in [0.05, 0.1) is 44.7 Å². The minimum absolute atomic E-state index is 0.116. The van der Waals surface area contributed by atoms with E-state index in [1.54, 1.807) is 0 Å². The summed E-state index contributed by atoms with van der Waals surface area (Å²) in [5.74, 6) is 0.659. The Balaban J connectivity index is 1.46. The van der Waals surface area contributed by atoms with E-state index in [1.165, 1.54) is 17.8 Å². The van der Waals surface area contributed by atoms with E-state index in [2.05, 4.69) is 25.0 Å². The van der Waals surface area contributed by atoms with Gasteiger partial charge in [0.2, 0.25) is 11.9 Å². The van der Waals surface area contributed by atoms with Crippen molar-refractivity contribution < 1.29 is 9.53 Å². The van der Waals surface area contributed by atoms with Crippen molar-refractivity contribution in [2.24, 2.45) is 0 Å². The molecule has 0 unspecified atom stereocenters. The molecule has 0 atom stereocenters. The van der Waals surface area contributed by atoms with E-state index in [1.807, 2.05) is 0 Å². The third-order valence-corrected chi connectivity index (χ3v) is 7.08. The Labute approximate surface area is 192 Å². The summed E-state index contributed by atoms with van der Waals surface area (Å²) in [4.78, 5) is 14.7. The summed E-state index contributed by atoms with van der Waals surface area (Å²) in [7, 11) is 0. The van der Waals surface area contributed by atoms with Crippen LogP contribution in [0.4, 0.5) is 11.6 Å². The van der Waals surface area contributed by atoms with E-state index in [0.717, 1.165) is 31.9 Å². The topological polar surface area (TPSA) is 72.3 Å². The highest BCUT2D eigenvalue weighted by Gasteiger charge is 2.32. The molecular weight excluding hydrogens is 480 g/mol. The second kappa shape index (κ2) is 9.08. The predicted molar refractivity (Wildman–Crippen MR) is 117 cm³/mol. The number of nitrogens with one attached hydrogen (secondary N) is 1. The number of nitrogens with zero attached hydrogens (tertiary/aromatic N) is 4. The number of carbonyl (C=O) groups excluding carboxylic acids is 1. The van der Waals surface area contributed by atoms with Crippen LogP contribution in [0.1, 0.15) is 18.9 Å². The molecule has 2 heterocycles. The second-order valence-electron chi connectivity index (χ2n) is 6.66. The fourth-order valence-corrected chi connectivity index (χ4v) is 4.69. The molecule has 1 saturated heterocycles. The Hall–Kier alpha value is -0.900. The van der Waals surface area contributed by atoms with Crippen LogP contribution in [0, 0.1) is 0 Å². The molecule has 29 heavy (non-hydrogen) atoms. The van der Waals surface area contributed by atoms with Crippen LogP contribution < -0.4 is 10.2 Å². The second-order valence-corrected chi connectivity index (χ2v) is 9.18. The highest BCUT2D eigenvalue weighted by atomic mass is 35.5. The van der Waals surface area contributed by atoms with E-state index >= 15 is 0 Å². The van der Waals surface area contributed by atoms with Crippen molar-refractivity contribution in [2.75, 3.05) is 42.3 Å². The first-order chi connectivity index (χ1) is 14.0. The molecule has 0 radical (unpaired) electrons. The highest BCUT2D eigenvalue weighted by Crippen LogP contribution is 2.42. The first kappa shape index (κ1) is 21.3. The van der Waals surface area contributed by atoms with Gasteiger partial charge in [-0.3, -0.25) is 9.36 Å². The molecule has 1 saturated carbocycles. The number of hydrogen-bond donors (Lipinski definition) is 1. The van der Waals surface area contributed by atoms with E-state index in [0.29, 0.717) is 24.4 Å². The van der Waals surface area contributed by atoms with E-state index in [-0.39, 0.29) is 37.4 Å². The normalized spacial score (nSPS) is 16.9. The highest BCUT2D eigenvalue weighted by molar-refractivity contribution is 7.99. The third kappa shape index (κ3) is 4.73. The quantitative estimate of drug-likeness (QED) is 0.457. The average Bonchev–Trinajstić information content (AvgIpc) is 3.47. The smallest absolute Gasteiger partial charge is 0.234 e. The zero-order valence-electron chi connectivity index (χ0n) is 15.1. The zero-order valence-corrected chi connectivity index (χ0v) is 19.0. The number of carbonyl (C=O) groups is 1. The predicted octanol–water partition coefficient (Wildman–Crippen LogP) is 4.79. The zero-order chi connectivity index (χ0) is 20.5. The number of hydrogen-bond acceptors (Lipinski definition) is 6. The van der Waals surface area contributed by atoms with Crippen LogP contribution in [0.5, 0.6) is 0 Å². The molecule has 156 valence electrons. The largest absolute Gasteiger partial charge is 0.378 e. The fraction of sp³-hybridized carbons (Fsp3) is 0.471. The lowest BCUT2D eigenvalue weighted by Gasteiger charge is -2.27. The molecule has 4 rings (SSSR count). The molecule has 1 aromatic heterocycles. The van der Waals surface area contributed by atoms with Gasteiger partial charge in [0, 0.05) is 19.1 Å². The number of amides is 1. The molecule has 2 fully saturated rings. The molecule has 1 aliphatic carbocycles. The minimum atomic E-state index is -0.296. The Morgan fingerprint density at radius 1 is 1.14 bits per heavy atom. The van der Waals surface area contributed by atoms with Crippen LogP contribution in [-0.4, -0.2) is 52.7 Å². The summed E-state index contributed by atoms with van der Waals surface area (Å²) in [6, 6.07) is 1.81. The van der Waals surface area contributed by atoms with Gasteiger partial charge >= 0.3 is 0 Å². The number of halogens is 4. The molecule has 0 bridgehead atoms. The van der Waals surface area contributed by atoms with Crippen molar-refractivity contribution in [1.29, 1.82) is 0 Å². The molecule has 0 spiro atoms. The number of thioether (sulfide) groups is 1. The summed E-state index contributed by atoms with van der Waals surface area (Å²) in [6.07, 6.45) is 2.17. The minimum Gasteiger partial charge on any atom is -0.378 e. The lowest BCUT2D eigenvalue weighted by molar-refractivity contribution is -0.113. The number of rotatable bonds is 6. The number of ether oxygens (including phenoxy) is 1. The van der Waals surface area contributed by atoms with Crippen LogP contribution in [0.3, 0.4) is 0 Å².